The lowest BCUT2D eigenvalue weighted by Gasteiger charge is -2.30. The highest BCUT2D eigenvalue weighted by Gasteiger charge is 2.38. The van der Waals surface area contributed by atoms with E-state index in [1.807, 2.05) is 27.7 Å². The van der Waals surface area contributed by atoms with Crippen LogP contribution in [-0.4, -0.2) is 30.4 Å². The summed E-state index contributed by atoms with van der Waals surface area (Å²) in [4.78, 5) is 41.9. The third-order valence-corrected chi connectivity index (χ3v) is 5.30. The van der Waals surface area contributed by atoms with Gasteiger partial charge in [-0.25, -0.2) is 9.79 Å². The number of hydrogen-bond acceptors (Lipinski definition) is 6. The Balaban J connectivity index is 2.30. The van der Waals surface area contributed by atoms with E-state index in [2.05, 4.69) is 4.99 Å². The van der Waals surface area contributed by atoms with Gasteiger partial charge < -0.3 is 4.74 Å². The maximum absolute atomic E-state index is 12.2. The first-order chi connectivity index (χ1) is 11.2. The van der Waals surface area contributed by atoms with Gasteiger partial charge in [-0.3, -0.25) is 9.59 Å². The number of ether oxygens (including phenoxy) is 1. The number of thiophene rings is 1. The minimum Gasteiger partial charge on any atom is -0.462 e. The van der Waals surface area contributed by atoms with Crippen LogP contribution in [0.3, 0.4) is 0 Å². The summed E-state index contributed by atoms with van der Waals surface area (Å²) < 4.78 is 5.08. The van der Waals surface area contributed by atoms with Crippen molar-refractivity contribution >= 4 is 40.1 Å². The summed E-state index contributed by atoms with van der Waals surface area (Å²) in [5, 5.41) is 0.494. The normalized spacial score (nSPS) is 18.4. The van der Waals surface area contributed by atoms with Gasteiger partial charge in [0.05, 0.1) is 12.2 Å². The standard InChI is InChI=1S/C18H23NO4S/c1-6-23-17(22)15-10(2)11(3)24-16(15)19-9-12-13(20)7-18(4,5)8-14(12)21/h9,12H,6-8H2,1-5H3/b19-9+. The molecule has 1 fully saturated rings. The van der Waals surface area contributed by atoms with E-state index < -0.39 is 11.9 Å². The molecule has 0 N–H and O–H groups in total. The predicted octanol–water partition coefficient (Wildman–Crippen LogP) is 3.82. The summed E-state index contributed by atoms with van der Waals surface area (Å²) in [5.41, 5.74) is 0.963. The first-order valence-corrected chi connectivity index (χ1v) is 8.84. The molecule has 1 saturated carbocycles. The van der Waals surface area contributed by atoms with Crippen molar-refractivity contribution in [2.24, 2.45) is 16.3 Å². The zero-order valence-electron chi connectivity index (χ0n) is 14.8. The fourth-order valence-corrected chi connectivity index (χ4v) is 3.85. The van der Waals surface area contributed by atoms with Gasteiger partial charge in [0.25, 0.3) is 0 Å². The number of nitrogens with zero attached hydrogens (tertiary/aromatic N) is 1. The van der Waals surface area contributed by atoms with Crippen LogP contribution in [0.2, 0.25) is 0 Å². The molecule has 1 heterocycles. The van der Waals surface area contributed by atoms with Crippen LogP contribution in [0, 0.1) is 25.2 Å². The molecule has 0 atom stereocenters. The van der Waals surface area contributed by atoms with E-state index in [1.54, 1.807) is 6.92 Å². The maximum atomic E-state index is 12.2. The number of esters is 1. The van der Waals surface area contributed by atoms with Crippen molar-refractivity contribution in [3.05, 3.63) is 16.0 Å². The first kappa shape index (κ1) is 18.5. The fraction of sp³-hybridized carbons (Fsp3) is 0.556. The molecule has 0 amide bonds. The molecule has 0 saturated heterocycles. The van der Waals surface area contributed by atoms with Crippen molar-refractivity contribution in [1.29, 1.82) is 0 Å². The van der Waals surface area contributed by atoms with Crippen LogP contribution in [0.1, 0.15) is 54.4 Å². The van der Waals surface area contributed by atoms with Gasteiger partial charge in [-0.1, -0.05) is 13.8 Å². The SMILES string of the molecule is CCOC(=O)c1c(/N=C/C2C(=O)CC(C)(C)CC2=O)sc(C)c1C. The number of carbonyl (C=O) groups excluding carboxylic acids is 3. The van der Waals surface area contributed by atoms with E-state index in [0.29, 0.717) is 23.4 Å². The molecular formula is C18H23NO4S. The molecule has 1 aromatic rings. The topological polar surface area (TPSA) is 72.8 Å². The molecule has 0 bridgehead atoms. The van der Waals surface area contributed by atoms with Crippen LogP contribution in [0.5, 0.6) is 0 Å². The van der Waals surface area contributed by atoms with E-state index in [9.17, 15) is 14.4 Å². The Labute approximate surface area is 146 Å². The molecule has 1 aliphatic carbocycles. The highest BCUT2D eigenvalue weighted by atomic mass is 32.1. The summed E-state index contributed by atoms with van der Waals surface area (Å²) >= 11 is 1.36. The molecule has 0 radical (unpaired) electrons. The number of ketones is 2. The van der Waals surface area contributed by atoms with Crippen molar-refractivity contribution in [2.45, 2.75) is 47.5 Å². The second-order valence-electron chi connectivity index (χ2n) is 6.89. The maximum Gasteiger partial charge on any atom is 0.341 e. The number of carbonyl (C=O) groups is 3. The summed E-state index contributed by atoms with van der Waals surface area (Å²) in [7, 11) is 0. The van der Waals surface area contributed by atoms with Crippen molar-refractivity contribution < 1.29 is 19.1 Å². The monoisotopic (exact) mass is 349 g/mol. The van der Waals surface area contributed by atoms with Crippen molar-refractivity contribution in [2.75, 3.05) is 6.61 Å². The lowest BCUT2D eigenvalue weighted by Crippen LogP contribution is -2.38. The van der Waals surface area contributed by atoms with E-state index >= 15 is 0 Å². The minimum atomic E-state index is -0.809. The molecule has 6 heteroatoms. The Kier molecular flexibility index (Phi) is 5.38. The third kappa shape index (κ3) is 3.80. The average Bonchev–Trinajstić information content (AvgIpc) is 2.72. The van der Waals surface area contributed by atoms with Crippen molar-refractivity contribution in [3.63, 3.8) is 0 Å². The summed E-state index contributed by atoms with van der Waals surface area (Å²) in [6, 6.07) is 0. The molecule has 5 nitrogen and oxygen atoms in total. The Bertz CT molecular complexity index is 695. The smallest absolute Gasteiger partial charge is 0.341 e. The molecule has 24 heavy (non-hydrogen) atoms. The molecule has 1 aliphatic rings. The van der Waals surface area contributed by atoms with E-state index in [4.69, 9.17) is 4.74 Å². The first-order valence-electron chi connectivity index (χ1n) is 8.03. The number of aryl methyl sites for hydroxylation is 1. The zero-order chi connectivity index (χ0) is 18.1. The second kappa shape index (κ2) is 6.97. The van der Waals surface area contributed by atoms with Crippen molar-refractivity contribution in [1.82, 2.24) is 0 Å². The summed E-state index contributed by atoms with van der Waals surface area (Å²) in [6.45, 7) is 9.61. The number of aliphatic imine (C=N–C) groups is 1. The molecule has 0 aromatic carbocycles. The lowest BCUT2D eigenvalue weighted by molar-refractivity contribution is -0.136. The minimum absolute atomic E-state index is 0.109. The molecular weight excluding hydrogens is 326 g/mol. The second-order valence-corrected chi connectivity index (χ2v) is 8.09. The van der Waals surface area contributed by atoms with Crippen LogP contribution in [0.15, 0.2) is 4.99 Å². The van der Waals surface area contributed by atoms with Gasteiger partial charge in [0.15, 0.2) is 0 Å². The van der Waals surface area contributed by atoms with Crippen molar-refractivity contribution in [3.8, 4) is 0 Å². The Morgan fingerprint density at radius 2 is 1.88 bits per heavy atom. The van der Waals surface area contributed by atoms with Gasteiger partial charge in [0.1, 0.15) is 22.5 Å². The number of rotatable bonds is 4. The largest absolute Gasteiger partial charge is 0.462 e. The summed E-state index contributed by atoms with van der Waals surface area (Å²) in [6.07, 6.45) is 2.12. The highest BCUT2D eigenvalue weighted by Crippen LogP contribution is 2.37. The number of hydrogen-bond donors (Lipinski definition) is 0. The third-order valence-electron chi connectivity index (χ3n) is 4.19. The molecule has 0 aliphatic heterocycles. The van der Waals surface area contributed by atoms with Gasteiger partial charge in [0.2, 0.25) is 0 Å². The van der Waals surface area contributed by atoms with Gasteiger partial charge in [-0.15, -0.1) is 11.3 Å². The van der Waals surface area contributed by atoms with Gasteiger partial charge in [0, 0.05) is 23.9 Å². The molecule has 130 valence electrons. The van der Waals surface area contributed by atoms with Crippen LogP contribution in [0.4, 0.5) is 5.00 Å². The number of Topliss-reactive ketones (excluding diaryl/α,β-unsaturated/α-hetero) is 2. The van der Waals surface area contributed by atoms with Gasteiger partial charge in [-0.2, -0.15) is 0 Å². The van der Waals surface area contributed by atoms with Gasteiger partial charge in [-0.05, 0) is 31.7 Å². The Hall–Kier alpha value is -1.82. The van der Waals surface area contributed by atoms with Crippen LogP contribution in [-0.2, 0) is 14.3 Å². The van der Waals surface area contributed by atoms with E-state index in [1.165, 1.54) is 17.6 Å². The quantitative estimate of drug-likeness (QED) is 0.470. The molecule has 2 rings (SSSR count). The highest BCUT2D eigenvalue weighted by molar-refractivity contribution is 7.16. The van der Waals surface area contributed by atoms with Crippen LogP contribution in [0.25, 0.3) is 0 Å². The summed E-state index contributed by atoms with van der Waals surface area (Å²) in [5.74, 6) is -1.45. The fourth-order valence-electron chi connectivity index (χ4n) is 2.86. The lowest BCUT2D eigenvalue weighted by atomic mass is 9.72. The van der Waals surface area contributed by atoms with Gasteiger partial charge >= 0.3 is 5.97 Å². The molecule has 1 aromatic heterocycles. The molecule has 0 unspecified atom stereocenters. The van der Waals surface area contributed by atoms with Crippen LogP contribution >= 0.6 is 11.3 Å². The van der Waals surface area contributed by atoms with E-state index in [0.717, 1.165) is 10.4 Å². The average molecular weight is 349 g/mol. The molecule has 0 spiro atoms. The van der Waals surface area contributed by atoms with Crippen LogP contribution < -0.4 is 0 Å². The van der Waals surface area contributed by atoms with E-state index in [-0.39, 0.29) is 23.6 Å². The predicted molar refractivity (Wildman–Crippen MR) is 94.4 cm³/mol. The zero-order valence-corrected chi connectivity index (χ0v) is 15.6. The Morgan fingerprint density at radius 1 is 1.29 bits per heavy atom. The Morgan fingerprint density at radius 3 is 2.42 bits per heavy atom.